The first-order chi connectivity index (χ1) is 11.7. The Morgan fingerprint density at radius 2 is 1.92 bits per heavy atom. The van der Waals surface area contributed by atoms with Crippen LogP contribution in [0.25, 0.3) is 0 Å². The Labute approximate surface area is 144 Å². The van der Waals surface area contributed by atoms with Gasteiger partial charge in [-0.3, -0.25) is 4.79 Å². The van der Waals surface area contributed by atoms with Crippen molar-refractivity contribution in [2.75, 3.05) is 26.9 Å². The van der Waals surface area contributed by atoms with Crippen LogP contribution >= 0.6 is 11.3 Å². The van der Waals surface area contributed by atoms with Crippen LogP contribution in [0.3, 0.4) is 0 Å². The predicted molar refractivity (Wildman–Crippen MR) is 90.2 cm³/mol. The summed E-state index contributed by atoms with van der Waals surface area (Å²) in [5.74, 6) is -0.712. The van der Waals surface area contributed by atoms with Gasteiger partial charge in [-0.1, -0.05) is 0 Å². The van der Waals surface area contributed by atoms with E-state index in [1.807, 2.05) is 16.8 Å². The number of carbonyl (C=O) groups excluding carboxylic acids is 2. The number of carbonyl (C=O) groups is 2. The largest absolute Gasteiger partial charge is 0.465 e. The lowest BCUT2D eigenvalue weighted by Gasteiger charge is -2.17. The molecule has 0 aliphatic carbocycles. The van der Waals surface area contributed by atoms with Gasteiger partial charge in [-0.15, -0.1) is 0 Å². The number of aliphatic hydroxyl groups is 1. The Morgan fingerprint density at radius 3 is 2.50 bits per heavy atom. The monoisotopic (exact) mass is 349 g/mol. The molecule has 7 heteroatoms. The normalized spacial score (nSPS) is 11.8. The van der Waals surface area contributed by atoms with Crippen molar-refractivity contribution in [1.29, 1.82) is 0 Å². The van der Waals surface area contributed by atoms with Crippen LogP contribution in [0.15, 0.2) is 41.1 Å². The first-order valence-electron chi connectivity index (χ1n) is 7.37. The van der Waals surface area contributed by atoms with Crippen molar-refractivity contribution in [1.82, 2.24) is 5.32 Å². The van der Waals surface area contributed by atoms with Gasteiger partial charge < -0.3 is 19.9 Å². The molecule has 0 fully saturated rings. The van der Waals surface area contributed by atoms with Gasteiger partial charge in [0.1, 0.15) is 6.10 Å². The molecular formula is C17H19NO5S. The van der Waals surface area contributed by atoms with E-state index in [1.165, 1.54) is 18.4 Å². The van der Waals surface area contributed by atoms with Gasteiger partial charge in [0.25, 0.3) is 5.91 Å². The van der Waals surface area contributed by atoms with Gasteiger partial charge in [0, 0.05) is 12.1 Å². The number of nitrogens with one attached hydrogen (secondary N) is 1. The number of ether oxygens (including phenoxy) is 2. The number of hydrogen-bond acceptors (Lipinski definition) is 6. The molecule has 1 atom stereocenters. The third-order valence-electron chi connectivity index (χ3n) is 3.34. The third kappa shape index (κ3) is 4.89. The Bertz CT molecular complexity index is 654. The highest BCUT2D eigenvalue weighted by Crippen LogP contribution is 2.19. The van der Waals surface area contributed by atoms with Crippen molar-refractivity contribution in [3.63, 3.8) is 0 Å². The number of thiophene rings is 1. The summed E-state index contributed by atoms with van der Waals surface area (Å²) in [6.07, 6.45) is -0.318. The van der Waals surface area contributed by atoms with Gasteiger partial charge in [0.05, 0.1) is 25.9 Å². The zero-order valence-electron chi connectivity index (χ0n) is 13.2. The van der Waals surface area contributed by atoms with Crippen LogP contribution in [-0.2, 0) is 9.47 Å². The van der Waals surface area contributed by atoms with Crippen molar-refractivity contribution >= 4 is 23.2 Å². The fourth-order valence-corrected chi connectivity index (χ4v) is 2.79. The summed E-state index contributed by atoms with van der Waals surface area (Å²) in [5, 5.41) is 15.6. The second-order valence-corrected chi connectivity index (χ2v) is 5.70. The third-order valence-corrected chi connectivity index (χ3v) is 4.04. The Balaban J connectivity index is 1.96. The smallest absolute Gasteiger partial charge is 0.337 e. The van der Waals surface area contributed by atoms with Crippen molar-refractivity contribution in [3.05, 3.63) is 57.8 Å². The standard InChI is InChI=1S/C17H19NO5S/c1-22-17(21)13-4-2-12(3-5-13)16(20)18-10-15(23-8-7-19)14-6-9-24-11-14/h2-6,9,11,15,19H,7-8,10H2,1H3,(H,18,20)/t15-/m0/s1. The zero-order valence-corrected chi connectivity index (χ0v) is 14.0. The molecule has 1 amide bonds. The van der Waals surface area contributed by atoms with Gasteiger partial charge >= 0.3 is 5.97 Å². The molecule has 0 aliphatic rings. The lowest BCUT2D eigenvalue weighted by atomic mass is 10.1. The molecular weight excluding hydrogens is 330 g/mol. The van der Waals surface area contributed by atoms with Crippen molar-refractivity contribution < 1.29 is 24.2 Å². The first-order valence-corrected chi connectivity index (χ1v) is 8.31. The van der Waals surface area contributed by atoms with E-state index in [0.29, 0.717) is 11.1 Å². The van der Waals surface area contributed by atoms with E-state index in [-0.39, 0.29) is 31.8 Å². The Hall–Kier alpha value is -2.22. The van der Waals surface area contributed by atoms with Crippen LogP contribution in [0.4, 0.5) is 0 Å². The number of aliphatic hydroxyl groups excluding tert-OH is 1. The first kappa shape index (κ1) is 18.1. The molecule has 2 rings (SSSR count). The fourth-order valence-electron chi connectivity index (χ4n) is 2.09. The molecule has 2 N–H and O–H groups in total. The molecule has 6 nitrogen and oxygen atoms in total. The number of methoxy groups -OCH3 is 1. The fraction of sp³-hybridized carbons (Fsp3) is 0.294. The van der Waals surface area contributed by atoms with Crippen LogP contribution in [0.2, 0.25) is 0 Å². The summed E-state index contributed by atoms with van der Waals surface area (Å²) in [7, 11) is 1.31. The summed E-state index contributed by atoms with van der Waals surface area (Å²) in [6.45, 7) is 0.405. The average molecular weight is 349 g/mol. The van der Waals surface area contributed by atoms with E-state index in [1.54, 1.807) is 24.3 Å². The van der Waals surface area contributed by atoms with Gasteiger partial charge in [-0.2, -0.15) is 11.3 Å². The van der Waals surface area contributed by atoms with E-state index in [2.05, 4.69) is 10.1 Å². The molecule has 1 aromatic carbocycles. The van der Waals surface area contributed by atoms with Crippen molar-refractivity contribution in [3.8, 4) is 0 Å². The minimum absolute atomic E-state index is 0.0798. The second-order valence-electron chi connectivity index (χ2n) is 4.92. The molecule has 24 heavy (non-hydrogen) atoms. The van der Waals surface area contributed by atoms with Gasteiger partial charge in [-0.25, -0.2) is 4.79 Å². The summed E-state index contributed by atoms with van der Waals surface area (Å²) < 4.78 is 10.2. The number of esters is 1. The van der Waals surface area contributed by atoms with Crippen LogP contribution in [-0.4, -0.2) is 43.9 Å². The summed E-state index contributed by atoms with van der Waals surface area (Å²) >= 11 is 1.54. The van der Waals surface area contributed by atoms with Crippen LogP contribution in [0.5, 0.6) is 0 Å². The Kier molecular flexibility index (Phi) is 6.92. The minimum atomic E-state index is -0.447. The highest BCUT2D eigenvalue weighted by atomic mass is 32.1. The molecule has 0 bridgehead atoms. The SMILES string of the molecule is COC(=O)c1ccc(C(=O)NC[C@H](OCCO)c2ccsc2)cc1. The van der Waals surface area contributed by atoms with E-state index in [4.69, 9.17) is 9.84 Å². The molecule has 128 valence electrons. The molecule has 1 heterocycles. The van der Waals surface area contributed by atoms with Gasteiger partial charge in [0.2, 0.25) is 0 Å². The van der Waals surface area contributed by atoms with E-state index < -0.39 is 5.97 Å². The predicted octanol–water partition coefficient (Wildman–Crippen LogP) is 2.01. The lowest BCUT2D eigenvalue weighted by molar-refractivity contribution is 0.0279. The molecule has 0 aliphatic heterocycles. The summed E-state index contributed by atoms with van der Waals surface area (Å²) in [4.78, 5) is 23.6. The molecule has 0 spiro atoms. The van der Waals surface area contributed by atoms with Crippen LogP contribution < -0.4 is 5.32 Å². The quantitative estimate of drug-likeness (QED) is 0.712. The Morgan fingerprint density at radius 1 is 1.21 bits per heavy atom. The van der Waals surface area contributed by atoms with Crippen LogP contribution in [0.1, 0.15) is 32.4 Å². The molecule has 0 saturated carbocycles. The summed E-state index contributed by atoms with van der Waals surface area (Å²) in [5.41, 5.74) is 1.78. The van der Waals surface area contributed by atoms with Gasteiger partial charge in [-0.05, 0) is 46.7 Å². The molecule has 0 radical (unpaired) electrons. The van der Waals surface area contributed by atoms with E-state index in [9.17, 15) is 9.59 Å². The minimum Gasteiger partial charge on any atom is -0.465 e. The van der Waals surface area contributed by atoms with Gasteiger partial charge in [0.15, 0.2) is 0 Å². The molecule has 0 unspecified atom stereocenters. The molecule has 2 aromatic rings. The maximum absolute atomic E-state index is 12.2. The van der Waals surface area contributed by atoms with Crippen LogP contribution in [0, 0.1) is 0 Å². The maximum Gasteiger partial charge on any atom is 0.337 e. The van der Waals surface area contributed by atoms with E-state index >= 15 is 0 Å². The van der Waals surface area contributed by atoms with Crippen molar-refractivity contribution in [2.45, 2.75) is 6.10 Å². The lowest BCUT2D eigenvalue weighted by Crippen LogP contribution is -2.29. The average Bonchev–Trinajstić information content (AvgIpc) is 3.15. The number of hydrogen-bond donors (Lipinski definition) is 2. The topological polar surface area (TPSA) is 84.9 Å². The highest BCUT2D eigenvalue weighted by Gasteiger charge is 2.15. The molecule has 0 saturated heterocycles. The maximum atomic E-state index is 12.2. The second kappa shape index (κ2) is 9.17. The highest BCUT2D eigenvalue weighted by molar-refractivity contribution is 7.07. The van der Waals surface area contributed by atoms with E-state index in [0.717, 1.165) is 5.56 Å². The number of rotatable bonds is 8. The number of benzene rings is 1. The number of amides is 1. The van der Waals surface area contributed by atoms with Crippen molar-refractivity contribution in [2.24, 2.45) is 0 Å². The molecule has 1 aromatic heterocycles. The summed E-state index contributed by atoms with van der Waals surface area (Å²) in [6, 6.07) is 8.13. The zero-order chi connectivity index (χ0) is 17.4.